The second-order valence-electron chi connectivity index (χ2n) is 4.87. The molecule has 3 rings (SSSR count). The molecule has 0 aliphatic carbocycles. The van der Waals surface area contributed by atoms with E-state index in [1.807, 2.05) is 4.90 Å². The maximum Gasteiger partial charge on any atom is 0.225 e. The van der Waals surface area contributed by atoms with E-state index in [-0.39, 0.29) is 6.04 Å². The molecule has 0 saturated carbocycles. The van der Waals surface area contributed by atoms with Crippen molar-refractivity contribution in [3.63, 3.8) is 0 Å². The van der Waals surface area contributed by atoms with E-state index in [1.165, 1.54) is 24.5 Å². The van der Waals surface area contributed by atoms with Crippen LogP contribution in [0.3, 0.4) is 0 Å². The minimum atomic E-state index is -0.565. The van der Waals surface area contributed by atoms with Crippen LogP contribution in [-0.2, 0) is 0 Å². The molecule has 0 bridgehead atoms. The van der Waals surface area contributed by atoms with Crippen molar-refractivity contribution in [2.75, 3.05) is 17.2 Å². The van der Waals surface area contributed by atoms with Gasteiger partial charge in [-0.15, -0.1) is 0 Å². The summed E-state index contributed by atoms with van der Waals surface area (Å²) in [5, 5.41) is 0. The average molecular weight is 276 g/mol. The largest absolute Gasteiger partial charge is 0.396 e. The Balaban J connectivity index is 1.94. The lowest BCUT2D eigenvalue weighted by molar-refractivity contribution is 0.572. The number of aromatic nitrogens is 2. The molecule has 2 aromatic rings. The van der Waals surface area contributed by atoms with Crippen molar-refractivity contribution >= 4 is 11.6 Å². The van der Waals surface area contributed by atoms with E-state index in [0.29, 0.717) is 17.2 Å². The summed E-state index contributed by atoms with van der Waals surface area (Å²) >= 11 is 0. The minimum absolute atomic E-state index is 0.108. The van der Waals surface area contributed by atoms with Crippen molar-refractivity contribution in [3.8, 4) is 0 Å². The van der Waals surface area contributed by atoms with Crippen LogP contribution >= 0.6 is 0 Å². The third kappa shape index (κ3) is 2.41. The van der Waals surface area contributed by atoms with Crippen molar-refractivity contribution in [1.29, 1.82) is 0 Å². The molecular weight excluding hydrogens is 262 g/mol. The first kappa shape index (κ1) is 12.8. The van der Waals surface area contributed by atoms with Gasteiger partial charge in [-0.25, -0.2) is 18.7 Å². The summed E-state index contributed by atoms with van der Waals surface area (Å²) < 4.78 is 26.7. The number of hydrogen-bond donors (Lipinski definition) is 1. The molecule has 1 aliphatic rings. The lowest BCUT2D eigenvalue weighted by Crippen LogP contribution is -2.24. The highest BCUT2D eigenvalue weighted by atomic mass is 19.1. The van der Waals surface area contributed by atoms with Crippen LogP contribution in [-0.4, -0.2) is 16.5 Å². The van der Waals surface area contributed by atoms with E-state index in [0.717, 1.165) is 25.5 Å². The molecule has 1 fully saturated rings. The van der Waals surface area contributed by atoms with Gasteiger partial charge in [0.2, 0.25) is 5.95 Å². The van der Waals surface area contributed by atoms with Gasteiger partial charge in [-0.1, -0.05) is 0 Å². The third-order valence-corrected chi connectivity index (χ3v) is 3.44. The van der Waals surface area contributed by atoms with Crippen LogP contribution in [0.5, 0.6) is 0 Å². The Hall–Kier alpha value is -2.24. The molecule has 0 radical (unpaired) electrons. The van der Waals surface area contributed by atoms with Gasteiger partial charge in [-0.05, 0) is 30.5 Å². The monoisotopic (exact) mass is 276 g/mol. The fraction of sp³-hybridized carbons (Fsp3) is 0.286. The highest BCUT2D eigenvalue weighted by Crippen LogP contribution is 2.34. The first-order valence-electron chi connectivity index (χ1n) is 6.43. The Morgan fingerprint density at radius 1 is 1.10 bits per heavy atom. The van der Waals surface area contributed by atoms with Crippen molar-refractivity contribution in [2.24, 2.45) is 0 Å². The minimum Gasteiger partial charge on any atom is -0.396 e. The Morgan fingerprint density at radius 3 is 2.40 bits per heavy atom. The Labute approximate surface area is 115 Å². The number of nitrogens with zero attached hydrogens (tertiary/aromatic N) is 3. The van der Waals surface area contributed by atoms with Crippen molar-refractivity contribution in [2.45, 2.75) is 18.9 Å². The average Bonchev–Trinajstić information content (AvgIpc) is 2.87. The van der Waals surface area contributed by atoms with Crippen LogP contribution in [0.15, 0.2) is 30.6 Å². The maximum absolute atomic E-state index is 13.4. The van der Waals surface area contributed by atoms with Gasteiger partial charge in [-0.2, -0.15) is 0 Å². The Kier molecular flexibility index (Phi) is 3.22. The van der Waals surface area contributed by atoms with Crippen LogP contribution in [0.25, 0.3) is 0 Å². The van der Waals surface area contributed by atoms with Gasteiger partial charge in [0.1, 0.15) is 11.6 Å². The number of nitrogen functional groups attached to an aromatic ring is 1. The molecule has 4 nitrogen and oxygen atoms in total. The highest BCUT2D eigenvalue weighted by Gasteiger charge is 2.28. The van der Waals surface area contributed by atoms with Crippen molar-refractivity contribution in [1.82, 2.24) is 9.97 Å². The maximum atomic E-state index is 13.4. The molecule has 2 heterocycles. The standard InChI is InChI=1S/C14H14F2N4/c15-10-4-9(5-11(16)6-10)13-2-1-3-20(13)14-18-7-12(17)8-19-14/h4-8,13H,1-3,17H2/t13-/m0/s1. The predicted molar refractivity (Wildman–Crippen MR) is 72.1 cm³/mol. The first-order valence-corrected chi connectivity index (χ1v) is 6.43. The van der Waals surface area contributed by atoms with Gasteiger partial charge in [0.25, 0.3) is 0 Å². The van der Waals surface area contributed by atoms with Gasteiger partial charge >= 0.3 is 0 Å². The van der Waals surface area contributed by atoms with E-state index in [4.69, 9.17) is 5.73 Å². The molecule has 2 N–H and O–H groups in total. The lowest BCUT2D eigenvalue weighted by Gasteiger charge is -2.25. The van der Waals surface area contributed by atoms with Crippen LogP contribution in [0.2, 0.25) is 0 Å². The van der Waals surface area contributed by atoms with E-state index < -0.39 is 11.6 Å². The number of hydrogen-bond acceptors (Lipinski definition) is 4. The molecule has 1 aromatic carbocycles. The van der Waals surface area contributed by atoms with E-state index in [9.17, 15) is 8.78 Å². The molecule has 104 valence electrons. The van der Waals surface area contributed by atoms with Gasteiger partial charge in [0, 0.05) is 12.6 Å². The number of halogens is 2. The third-order valence-electron chi connectivity index (χ3n) is 3.44. The number of nitrogens with two attached hydrogens (primary N) is 1. The molecule has 1 aliphatic heterocycles. The van der Waals surface area contributed by atoms with Gasteiger partial charge < -0.3 is 10.6 Å². The normalized spacial score (nSPS) is 18.5. The van der Waals surface area contributed by atoms with Crippen molar-refractivity contribution < 1.29 is 8.78 Å². The first-order chi connectivity index (χ1) is 9.63. The molecule has 0 spiro atoms. The molecule has 0 amide bonds. The molecule has 1 atom stereocenters. The van der Waals surface area contributed by atoms with Crippen molar-refractivity contribution in [3.05, 3.63) is 47.8 Å². The van der Waals surface area contributed by atoms with Crippen LogP contribution in [0, 0.1) is 11.6 Å². The summed E-state index contributed by atoms with van der Waals surface area (Å²) in [4.78, 5) is 10.3. The second-order valence-corrected chi connectivity index (χ2v) is 4.87. The predicted octanol–water partition coefficient (Wildman–Crippen LogP) is 2.68. The van der Waals surface area contributed by atoms with Gasteiger partial charge in [0.05, 0.1) is 24.1 Å². The summed E-state index contributed by atoms with van der Waals surface area (Å²) in [7, 11) is 0. The van der Waals surface area contributed by atoms with E-state index in [2.05, 4.69) is 9.97 Å². The fourth-order valence-electron chi connectivity index (χ4n) is 2.60. The summed E-state index contributed by atoms with van der Waals surface area (Å²) in [6.07, 6.45) is 4.81. The van der Waals surface area contributed by atoms with Gasteiger partial charge in [-0.3, -0.25) is 0 Å². The molecule has 1 saturated heterocycles. The number of rotatable bonds is 2. The topological polar surface area (TPSA) is 55.0 Å². The smallest absolute Gasteiger partial charge is 0.225 e. The zero-order valence-electron chi connectivity index (χ0n) is 10.8. The lowest BCUT2D eigenvalue weighted by atomic mass is 10.0. The second kappa shape index (κ2) is 5.03. The van der Waals surface area contributed by atoms with Crippen LogP contribution < -0.4 is 10.6 Å². The van der Waals surface area contributed by atoms with E-state index in [1.54, 1.807) is 0 Å². The zero-order valence-corrected chi connectivity index (χ0v) is 10.8. The summed E-state index contributed by atoms with van der Waals surface area (Å²) in [5.41, 5.74) is 6.67. The molecule has 20 heavy (non-hydrogen) atoms. The summed E-state index contributed by atoms with van der Waals surface area (Å²) in [6.45, 7) is 0.757. The number of anilines is 2. The SMILES string of the molecule is Nc1cnc(N2CCC[C@H]2c2cc(F)cc(F)c2)nc1. The summed E-state index contributed by atoms with van der Waals surface area (Å²) in [5.74, 6) is -0.596. The quantitative estimate of drug-likeness (QED) is 0.916. The molecule has 6 heteroatoms. The Morgan fingerprint density at radius 2 is 1.75 bits per heavy atom. The Bertz CT molecular complexity index is 595. The number of benzene rings is 1. The van der Waals surface area contributed by atoms with E-state index >= 15 is 0 Å². The molecule has 1 aromatic heterocycles. The fourth-order valence-corrected chi connectivity index (χ4v) is 2.60. The van der Waals surface area contributed by atoms with Crippen LogP contribution in [0.1, 0.15) is 24.4 Å². The zero-order chi connectivity index (χ0) is 14.1. The van der Waals surface area contributed by atoms with Gasteiger partial charge in [0.15, 0.2) is 0 Å². The van der Waals surface area contributed by atoms with Crippen LogP contribution in [0.4, 0.5) is 20.4 Å². The highest BCUT2D eigenvalue weighted by molar-refractivity contribution is 5.42. The summed E-state index contributed by atoms with van der Waals surface area (Å²) in [6, 6.07) is 3.50. The molecule has 0 unspecified atom stereocenters. The molecular formula is C14H14F2N4.